The Morgan fingerprint density at radius 1 is 1.11 bits per heavy atom. The lowest BCUT2D eigenvalue weighted by atomic mass is 10.1. The second kappa shape index (κ2) is 5.91. The topological polar surface area (TPSA) is 26.0 Å². The number of aryl methyl sites for hydroxylation is 1. The highest BCUT2D eigenvalue weighted by Gasteiger charge is 2.06. The summed E-state index contributed by atoms with van der Waals surface area (Å²) >= 11 is 5.35. The van der Waals surface area contributed by atoms with E-state index < -0.39 is 0 Å². The summed E-state index contributed by atoms with van der Waals surface area (Å²) in [5.74, 6) is 0. The van der Waals surface area contributed by atoms with E-state index in [1.165, 1.54) is 15.4 Å². The molecule has 0 aliphatic carbocycles. The Bertz CT molecular complexity index is 552. The van der Waals surface area contributed by atoms with Crippen molar-refractivity contribution in [3.8, 4) is 0 Å². The van der Waals surface area contributed by atoms with Crippen molar-refractivity contribution in [3.63, 3.8) is 0 Å². The summed E-state index contributed by atoms with van der Waals surface area (Å²) in [5.41, 5.74) is 8.33. The first-order valence-corrected chi connectivity index (χ1v) is 7.47. The molecule has 2 rings (SSSR count). The van der Waals surface area contributed by atoms with Crippen molar-refractivity contribution < 1.29 is 0 Å². The van der Waals surface area contributed by atoms with Crippen LogP contribution < -0.4 is 5.73 Å². The first-order chi connectivity index (χ1) is 8.56. The molecule has 0 unspecified atom stereocenters. The van der Waals surface area contributed by atoms with Crippen LogP contribution in [0.3, 0.4) is 0 Å². The van der Waals surface area contributed by atoms with Gasteiger partial charge in [-0.15, -0.1) is 0 Å². The van der Waals surface area contributed by atoms with Crippen molar-refractivity contribution >= 4 is 27.7 Å². The summed E-state index contributed by atoms with van der Waals surface area (Å²) in [6, 6.07) is 14.9. The van der Waals surface area contributed by atoms with Gasteiger partial charge in [0.15, 0.2) is 0 Å². The summed E-state index contributed by atoms with van der Waals surface area (Å²) in [6.45, 7) is 4.10. The van der Waals surface area contributed by atoms with Crippen LogP contribution in [-0.2, 0) is 0 Å². The van der Waals surface area contributed by atoms with Crippen LogP contribution in [0, 0.1) is 6.92 Å². The molecule has 0 bridgehead atoms. The fraction of sp³-hybridized carbons (Fsp3) is 0.200. The van der Waals surface area contributed by atoms with E-state index in [1.807, 2.05) is 6.92 Å². The predicted octanol–water partition coefficient (Wildman–Crippen LogP) is 4.93. The molecule has 0 spiro atoms. The van der Waals surface area contributed by atoms with Gasteiger partial charge in [0, 0.05) is 20.3 Å². The molecule has 0 aliphatic rings. The van der Waals surface area contributed by atoms with E-state index in [4.69, 9.17) is 5.73 Å². The zero-order chi connectivity index (χ0) is 13.1. The maximum absolute atomic E-state index is 5.90. The van der Waals surface area contributed by atoms with E-state index in [0.717, 1.165) is 10.0 Å². The Labute approximate surface area is 121 Å². The molecule has 2 aromatic rings. The van der Waals surface area contributed by atoms with Crippen molar-refractivity contribution in [2.45, 2.75) is 29.7 Å². The van der Waals surface area contributed by atoms with E-state index in [0.29, 0.717) is 0 Å². The molecule has 0 saturated carbocycles. The lowest BCUT2D eigenvalue weighted by Gasteiger charge is -2.10. The first kappa shape index (κ1) is 13.7. The van der Waals surface area contributed by atoms with Gasteiger partial charge in [-0.25, -0.2) is 0 Å². The molecule has 0 aliphatic heterocycles. The Morgan fingerprint density at radius 2 is 1.83 bits per heavy atom. The monoisotopic (exact) mass is 321 g/mol. The SMILES string of the molecule is Cc1cccc(Sc2ccc([C@H](C)N)c(Br)c2)c1. The fourth-order valence-corrected chi connectivity index (χ4v) is 3.62. The van der Waals surface area contributed by atoms with E-state index in [-0.39, 0.29) is 6.04 Å². The molecule has 0 heterocycles. The van der Waals surface area contributed by atoms with Gasteiger partial charge in [-0.05, 0) is 43.7 Å². The Hall–Kier alpha value is -0.770. The summed E-state index contributed by atoms with van der Waals surface area (Å²) in [7, 11) is 0. The van der Waals surface area contributed by atoms with Crippen LogP contribution in [0.1, 0.15) is 24.1 Å². The van der Waals surface area contributed by atoms with Gasteiger partial charge < -0.3 is 5.73 Å². The molecular weight excluding hydrogens is 306 g/mol. The van der Waals surface area contributed by atoms with Crippen molar-refractivity contribution in [1.29, 1.82) is 0 Å². The van der Waals surface area contributed by atoms with Crippen LogP contribution in [-0.4, -0.2) is 0 Å². The molecule has 1 atom stereocenters. The van der Waals surface area contributed by atoms with Gasteiger partial charge >= 0.3 is 0 Å². The minimum Gasteiger partial charge on any atom is -0.324 e. The molecular formula is C15H16BrNS. The maximum atomic E-state index is 5.90. The van der Waals surface area contributed by atoms with Crippen LogP contribution in [0.15, 0.2) is 56.7 Å². The van der Waals surface area contributed by atoms with E-state index in [9.17, 15) is 0 Å². The molecule has 0 radical (unpaired) electrons. The lowest BCUT2D eigenvalue weighted by Crippen LogP contribution is -2.05. The zero-order valence-electron chi connectivity index (χ0n) is 10.5. The largest absolute Gasteiger partial charge is 0.324 e. The second-order valence-electron chi connectivity index (χ2n) is 4.39. The molecule has 1 nitrogen and oxygen atoms in total. The number of hydrogen-bond acceptors (Lipinski definition) is 2. The first-order valence-electron chi connectivity index (χ1n) is 5.86. The molecule has 2 aromatic carbocycles. The highest BCUT2D eigenvalue weighted by molar-refractivity contribution is 9.10. The normalized spacial score (nSPS) is 12.4. The number of rotatable bonds is 3. The highest BCUT2D eigenvalue weighted by atomic mass is 79.9. The van der Waals surface area contributed by atoms with Gasteiger partial charge in [0.2, 0.25) is 0 Å². The van der Waals surface area contributed by atoms with E-state index in [1.54, 1.807) is 11.8 Å². The second-order valence-corrected chi connectivity index (χ2v) is 6.39. The summed E-state index contributed by atoms with van der Waals surface area (Å²) in [5, 5.41) is 0. The van der Waals surface area contributed by atoms with Gasteiger partial charge in [-0.1, -0.05) is 51.5 Å². The number of benzene rings is 2. The van der Waals surface area contributed by atoms with Crippen molar-refractivity contribution in [2.24, 2.45) is 5.73 Å². The van der Waals surface area contributed by atoms with Gasteiger partial charge in [-0.3, -0.25) is 0 Å². The predicted molar refractivity (Wildman–Crippen MR) is 82.0 cm³/mol. The van der Waals surface area contributed by atoms with Crippen LogP contribution in [0.2, 0.25) is 0 Å². The third-order valence-electron chi connectivity index (χ3n) is 2.69. The van der Waals surface area contributed by atoms with Crippen molar-refractivity contribution in [1.82, 2.24) is 0 Å². The number of nitrogens with two attached hydrogens (primary N) is 1. The van der Waals surface area contributed by atoms with Crippen LogP contribution in [0.25, 0.3) is 0 Å². The van der Waals surface area contributed by atoms with Crippen LogP contribution in [0.5, 0.6) is 0 Å². The Balaban J connectivity index is 2.23. The summed E-state index contributed by atoms with van der Waals surface area (Å²) in [6.07, 6.45) is 0. The molecule has 0 fully saturated rings. The van der Waals surface area contributed by atoms with Gasteiger partial charge in [-0.2, -0.15) is 0 Å². The Morgan fingerprint density at radius 3 is 2.44 bits per heavy atom. The zero-order valence-corrected chi connectivity index (χ0v) is 12.9. The maximum Gasteiger partial charge on any atom is 0.0277 e. The summed E-state index contributed by atoms with van der Waals surface area (Å²) in [4.78, 5) is 2.48. The minimum atomic E-state index is 0.0531. The molecule has 0 aromatic heterocycles. The molecule has 3 heteroatoms. The number of hydrogen-bond donors (Lipinski definition) is 1. The average Bonchev–Trinajstić information content (AvgIpc) is 2.28. The van der Waals surface area contributed by atoms with Crippen molar-refractivity contribution in [2.75, 3.05) is 0 Å². The Kier molecular flexibility index (Phi) is 4.49. The lowest BCUT2D eigenvalue weighted by molar-refractivity contribution is 0.811. The summed E-state index contributed by atoms with van der Waals surface area (Å²) < 4.78 is 1.08. The smallest absolute Gasteiger partial charge is 0.0277 e. The highest BCUT2D eigenvalue weighted by Crippen LogP contribution is 2.32. The van der Waals surface area contributed by atoms with Gasteiger partial charge in [0.25, 0.3) is 0 Å². The average molecular weight is 322 g/mol. The fourth-order valence-electron chi connectivity index (χ4n) is 1.76. The third-order valence-corrected chi connectivity index (χ3v) is 4.35. The molecule has 18 heavy (non-hydrogen) atoms. The molecule has 94 valence electrons. The van der Waals surface area contributed by atoms with Crippen LogP contribution in [0.4, 0.5) is 0 Å². The van der Waals surface area contributed by atoms with E-state index >= 15 is 0 Å². The van der Waals surface area contributed by atoms with Gasteiger partial charge in [0.1, 0.15) is 0 Å². The van der Waals surface area contributed by atoms with Crippen LogP contribution >= 0.6 is 27.7 Å². The minimum absolute atomic E-state index is 0.0531. The van der Waals surface area contributed by atoms with Crippen molar-refractivity contribution in [3.05, 3.63) is 58.1 Å². The van der Waals surface area contributed by atoms with Gasteiger partial charge in [0.05, 0.1) is 0 Å². The number of halogens is 1. The standard InChI is InChI=1S/C15H16BrNS/c1-10-4-3-5-12(8-10)18-13-6-7-14(11(2)17)15(16)9-13/h3-9,11H,17H2,1-2H3/t11-/m0/s1. The quantitative estimate of drug-likeness (QED) is 0.867. The molecule has 2 N–H and O–H groups in total. The third kappa shape index (κ3) is 3.37. The molecule has 0 amide bonds. The van der Waals surface area contributed by atoms with E-state index in [2.05, 4.69) is 65.3 Å². The molecule has 0 saturated heterocycles.